The number of carbonyl (C=O) groups is 1. The summed E-state index contributed by atoms with van der Waals surface area (Å²) in [6, 6.07) is 0. The molecule has 1 aliphatic carbocycles. The summed E-state index contributed by atoms with van der Waals surface area (Å²) in [4.78, 5) is 11.1. The van der Waals surface area contributed by atoms with Gasteiger partial charge in [-0.2, -0.15) is 0 Å². The van der Waals surface area contributed by atoms with E-state index in [1.54, 1.807) is 6.92 Å². The summed E-state index contributed by atoms with van der Waals surface area (Å²) >= 11 is 0. The van der Waals surface area contributed by atoms with Crippen LogP contribution < -0.4 is 5.32 Å². The number of hydrogen-bond donors (Lipinski definition) is 1. The van der Waals surface area contributed by atoms with Gasteiger partial charge in [-0.1, -0.05) is 13.8 Å². The van der Waals surface area contributed by atoms with Crippen LogP contribution in [0.5, 0.6) is 0 Å². The molecule has 0 aromatic rings. The highest BCUT2D eigenvalue weighted by Crippen LogP contribution is 2.48. The van der Waals surface area contributed by atoms with Crippen molar-refractivity contribution in [2.24, 2.45) is 11.3 Å². The van der Waals surface area contributed by atoms with E-state index in [0.29, 0.717) is 5.78 Å². The first-order chi connectivity index (χ1) is 5.73. The summed E-state index contributed by atoms with van der Waals surface area (Å²) in [7, 11) is 0. The number of nitrogens with one attached hydrogen (secondary N) is 1. The summed E-state index contributed by atoms with van der Waals surface area (Å²) in [6.45, 7) is 7.79. The second-order valence-corrected chi connectivity index (χ2v) is 3.74. The monoisotopic (exact) mass is 169 g/mol. The zero-order chi connectivity index (χ0) is 9.19. The lowest BCUT2D eigenvalue weighted by atomic mass is 9.57. The molecule has 1 saturated carbocycles. The van der Waals surface area contributed by atoms with Crippen LogP contribution in [0.4, 0.5) is 0 Å². The average Bonchev–Trinajstić information content (AvgIpc) is 2.07. The van der Waals surface area contributed by atoms with E-state index in [1.165, 1.54) is 0 Å². The molecular weight excluding hydrogens is 150 g/mol. The lowest BCUT2D eigenvalue weighted by Gasteiger charge is -2.51. The van der Waals surface area contributed by atoms with E-state index in [9.17, 15) is 4.79 Å². The highest BCUT2D eigenvalue weighted by molar-refractivity contribution is 5.83. The van der Waals surface area contributed by atoms with Crippen LogP contribution in [0.1, 0.15) is 33.6 Å². The molecule has 0 aromatic heterocycles. The molecule has 1 N–H and O–H groups in total. The Balaban J connectivity index is 0.000000336. The Hall–Kier alpha value is -0.370. The van der Waals surface area contributed by atoms with Gasteiger partial charge in [0.15, 0.2) is 0 Å². The van der Waals surface area contributed by atoms with Crippen molar-refractivity contribution in [3.63, 3.8) is 0 Å². The molecular formula is C10H19NO. The van der Waals surface area contributed by atoms with Crippen molar-refractivity contribution in [1.29, 1.82) is 0 Å². The lowest BCUT2D eigenvalue weighted by Crippen LogP contribution is -2.57. The first-order valence-corrected chi connectivity index (χ1v) is 4.95. The Bertz CT molecular complexity index is 165. The number of carbonyl (C=O) groups excluding carboxylic acids is 1. The molecule has 0 unspecified atom stereocenters. The van der Waals surface area contributed by atoms with Gasteiger partial charge in [-0.3, -0.25) is 4.79 Å². The number of piperidine rings is 2. The van der Waals surface area contributed by atoms with E-state index in [1.807, 2.05) is 13.8 Å². The molecule has 0 amide bonds. The number of rotatable bonds is 1. The maximum atomic E-state index is 11.1. The van der Waals surface area contributed by atoms with Gasteiger partial charge in [0.05, 0.1) is 0 Å². The van der Waals surface area contributed by atoms with Crippen molar-refractivity contribution < 1.29 is 4.79 Å². The Labute approximate surface area is 74.7 Å². The highest BCUT2D eigenvalue weighted by Gasteiger charge is 2.50. The zero-order valence-electron chi connectivity index (χ0n) is 8.31. The standard InChI is InChI=1S/C8H13NO.C2H6/c1-6(10)8-2-7(3-8)4-9-5-8;1-2/h7,9H,2-5H2,1H3;1-2H3. The third-order valence-electron chi connectivity index (χ3n) is 3.00. The van der Waals surface area contributed by atoms with Crippen LogP contribution in [-0.2, 0) is 4.79 Å². The molecule has 2 aliphatic heterocycles. The van der Waals surface area contributed by atoms with Crippen LogP contribution in [0.3, 0.4) is 0 Å². The van der Waals surface area contributed by atoms with E-state index >= 15 is 0 Å². The van der Waals surface area contributed by atoms with E-state index in [2.05, 4.69) is 5.32 Å². The maximum absolute atomic E-state index is 11.1. The van der Waals surface area contributed by atoms with Gasteiger partial charge in [0.1, 0.15) is 5.78 Å². The van der Waals surface area contributed by atoms with Crippen LogP contribution in [0, 0.1) is 11.3 Å². The fraction of sp³-hybridized carbons (Fsp3) is 0.900. The SMILES string of the molecule is CC.CC(=O)C12CNCC(C1)C2. The molecule has 2 heteroatoms. The van der Waals surface area contributed by atoms with Crippen molar-refractivity contribution in [3.8, 4) is 0 Å². The topological polar surface area (TPSA) is 29.1 Å². The maximum Gasteiger partial charge on any atom is 0.137 e. The predicted octanol–water partition coefficient (Wildman–Crippen LogP) is 1.60. The van der Waals surface area contributed by atoms with Gasteiger partial charge >= 0.3 is 0 Å². The largest absolute Gasteiger partial charge is 0.315 e. The normalized spacial score (nSPS) is 37.4. The number of Topliss-reactive ketones (excluding diaryl/α,β-unsaturated/α-hetero) is 1. The van der Waals surface area contributed by atoms with Crippen LogP contribution in [0.25, 0.3) is 0 Å². The molecule has 2 saturated heterocycles. The fourth-order valence-corrected chi connectivity index (χ4v) is 2.26. The van der Waals surface area contributed by atoms with Gasteiger partial charge in [-0.25, -0.2) is 0 Å². The zero-order valence-corrected chi connectivity index (χ0v) is 8.31. The molecule has 0 spiro atoms. The fourth-order valence-electron chi connectivity index (χ4n) is 2.26. The van der Waals surface area contributed by atoms with Gasteiger partial charge in [-0.05, 0) is 32.2 Å². The van der Waals surface area contributed by atoms with Crippen molar-refractivity contribution in [3.05, 3.63) is 0 Å². The first kappa shape index (κ1) is 9.72. The summed E-state index contributed by atoms with van der Waals surface area (Å²) in [6.07, 6.45) is 2.30. The minimum absolute atomic E-state index is 0.0723. The predicted molar refractivity (Wildman–Crippen MR) is 50.1 cm³/mol. The lowest BCUT2D eigenvalue weighted by molar-refractivity contribution is -0.137. The number of fused-ring (bicyclic) bond motifs is 2. The number of hydrogen-bond acceptors (Lipinski definition) is 2. The molecule has 0 atom stereocenters. The van der Waals surface area contributed by atoms with Crippen LogP contribution in [0.15, 0.2) is 0 Å². The molecule has 12 heavy (non-hydrogen) atoms. The molecule has 70 valence electrons. The quantitative estimate of drug-likeness (QED) is 0.646. The molecule has 3 rings (SSSR count). The Morgan fingerprint density at radius 2 is 2.00 bits per heavy atom. The van der Waals surface area contributed by atoms with Crippen molar-refractivity contribution in [1.82, 2.24) is 5.32 Å². The molecule has 0 radical (unpaired) electrons. The minimum Gasteiger partial charge on any atom is -0.315 e. The van der Waals surface area contributed by atoms with Gasteiger partial charge < -0.3 is 5.32 Å². The van der Waals surface area contributed by atoms with Crippen molar-refractivity contribution in [2.45, 2.75) is 33.6 Å². The van der Waals surface area contributed by atoms with Crippen LogP contribution in [0.2, 0.25) is 0 Å². The molecule has 3 aliphatic rings. The van der Waals surface area contributed by atoms with E-state index < -0.39 is 0 Å². The smallest absolute Gasteiger partial charge is 0.137 e. The van der Waals surface area contributed by atoms with Gasteiger partial charge in [0, 0.05) is 12.0 Å². The summed E-state index contributed by atoms with van der Waals surface area (Å²) in [5.41, 5.74) is 0.0723. The Kier molecular flexibility index (Phi) is 2.89. The van der Waals surface area contributed by atoms with E-state index in [-0.39, 0.29) is 5.41 Å². The van der Waals surface area contributed by atoms with Crippen LogP contribution >= 0.6 is 0 Å². The van der Waals surface area contributed by atoms with E-state index in [0.717, 1.165) is 31.8 Å². The molecule has 2 heterocycles. The van der Waals surface area contributed by atoms with Gasteiger partial charge in [0.25, 0.3) is 0 Å². The van der Waals surface area contributed by atoms with Gasteiger partial charge in [-0.15, -0.1) is 0 Å². The third kappa shape index (κ3) is 1.40. The second kappa shape index (κ2) is 3.56. The molecule has 3 fully saturated rings. The molecule has 0 aromatic carbocycles. The summed E-state index contributed by atoms with van der Waals surface area (Å²) in [5, 5.41) is 3.29. The average molecular weight is 169 g/mol. The Morgan fingerprint density at radius 1 is 1.42 bits per heavy atom. The van der Waals surface area contributed by atoms with E-state index in [4.69, 9.17) is 0 Å². The van der Waals surface area contributed by atoms with Crippen molar-refractivity contribution in [2.75, 3.05) is 13.1 Å². The Morgan fingerprint density at radius 3 is 2.25 bits per heavy atom. The van der Waals surface area contributed by atoms with Crippen LogP contribution in [-0.4, -0.2) is 18.9 Å². The highest BCUT2D eigenvalue weighted by atomic mass is 16.1. The first-order valence-electron chi connectivity index (χ1n) is 4.95. The second-order valence-electron chi connectivity index (χ2n) is 3.74. The number of ketones is 1. The summed E-state index contributed by atoms with van der Waals surface area (Å²) < 4.78 is 0. The molecule has 2 bridgehead atoms. The van der Waals surface area contributed by atoms with Gasteiger partial charge in [0.2, 0.25) is 0 Å². The summed E-state index contributed by atoms with van der Waals surface area (Å²) in [5.74, 6) is 1.19. The van der Waals surface area contributed by atoms with Crippen molar-refractivity contribution >= 4 is 5.78 Å². The molecule has 2 nitrogen and oxygen atoms in total. The minimum atomic E-state index is 0.0723. The third-order valence-corrected chi connectivity index (χ3v) is 3.00.